The van der Waals surface area contributed by atoms with Crippen molar-refractivity contribution in [2.75, 3.05) is 37.6 Å². The summed E-state index contributed by atoms with van der Waals surface area (Å²) in [6.07, 6.45) is 1.67. The van der Waals surface area contributed by atoms with E-state index < -0.39 is 0 Å². The first-order valence-electron chi connectivity index (χ1n) is 8.92. The zero-order valence-electron chi connectivity index (χ0n) is 15.2. The van der Waals surface area contributed by atoms with Gasteiger partial charge in [-0.1, -0.05) is 29.3 Å². The molecule has 3 rings (SSSR count). The van der Waals surface area contributed by atoms with Crippen molar-refractivity contribution in [2.45, 2.75) is 6.54 Å². The monoisotopic (exact) mass is 421 g/mol. The van der Waals surface area contributed by atoms with Crippen LogP contribution in [0.5, 0.6) is 0 Å². The van der Waals surface area contributed by atoms with Crippen LogP contribution in [-0.4, -0.2) is 54.5 Å². The van der Waals surface area contributed by atoms with Crippen LogP contribution in [0.2, 0.25) is 10.0 Å². The second-order valence-electron chi connectivity index (χ2n) is 6.33. The highest BCUT2D eigenvalue weighted by molar-refractivity contribution is 6.42. The Morgan fingerprint density at radius 3 is 2.46 bits per heavy atom. The van der Waals surface area contributed by atoms with Crippen LogP contribution in [0, 0.1) is 0 Å². The lowest BCUT2D eigenvalue weighted by Gasteiger charge is -2.36. The number of carbonyl (C=O) groups excluding carboxylic acids is 2. The Balaban J connectivity index is 1.40. The van der Waals surface area contributed by atoms with E-state index in [1.807, 2.05) is 30.3 Å². The zero-order valence-corrected chi connectivity index (χ0v) is 16.7. The molecule has 0 saturated carbocycles. The number of aromatic nitrogens is 1. The van der Waals surface area contributed by atoms with Crippen LogP contribution in [0.4, 0.5) is 10.5 Å². The van der Waals surface area contributed by atoms with Gasteiger partial charge in [-0.25, -0.2) is 4.79 Å². The topological polar surface area (TPSA) is 77.6 Å². The minimum atomic E-state index is -0.256. The van der Waals surface area contributed by atoms with E-state index in [1.54, 1.807) is 17.2 Å². The lowest BCUT2D eigenvalue weighted by Crippen LogP contribution is -2.53. The Morgan fingerprint density at radius 2 is 1.79 bits per heavy atom. The molecule has 2 heterocycles. The Kier molecular flexibility index (Phi) is 6.95. The summed E-state index contributed by atoms with van der Waals surface area (Å²) in [6, 6.07) is 10.7. The third-order valence-corrected chi connectivity index (χ3v) is 5.17. The number of pyridine rings is 1. The molecule has 1 aliphatic heterocycles. The van der Waals surface area contributed by atoms with Crippen LogP contribution in [-0.2, 0) is 11.3 Å². The SMILES string of the molecule is O=C(CNC(=O)N1CCN(c2ccc(Cl)c(Cl)c2)CC1)NCc1ccccn1. The standard InChI is InChI=1S/C19H21Cl2N5O2/c20-16-5-4-15(11-17(16)21)25-7-9-26(10-8-25)19(28)24-13-18(27)23-12-14-3-1-2-6-22-14/h1-6,11H,7-10,12-13H2,(H,23,27)(H,24,28). The minimum absolute atomic E-state index is 0.0708. The van der Waals surface area contributed by atoms with Crippen LogP contribution >= 0.6 is 23.2 Å². The quantitative estimate of drug-likeness (QED) is 0.777. The number of halogens is 2. The fourth-order valence-corrected chi connectivity index (χ4v) is 3.16. The zero-order chi connectivity index (χ0) is 19.9. The fourth-order valence-electron chi connectivity index (χ4n) is 2.87. The maximum Gasteiger partial charge on any atom is 0.317 e. The number of nitrogens with one attached hydrogen (secondary N) is 2. The Labute approximate surface area is 173 Å². The molecule has 1 saturated heterocycles. The summed E-state index contributed by atoms with van der Waals surface area (Å²) < 4.78 is 0. The summed E-state index contributed by atoms with van der Waals surface area (Å²) in [5.74, 6) is -0.256. The lowest BCUT2D eigenvalue weighted by atomic mass is 10.2. The van der Waals surface area contributed by atoms with Gasteiger partial charge in [0.15, 0.2) is 0 Å². The molecular formula is C19H21Cl2N5O2. The van der Waals surface area contributed by atoms with Crippen LogP contribution in [0.25, 0.3) is 0 Å². The predicted molar refractivity (Wildman–Crippen MR) is 110 cm³/mol. The number of amides is 3. The number of nitrogens with zero attached hydrogens (tertiary/aromatic N) is 3. The molecule has 7 nitrogen and oxygen atoms in total. The van der Waals surface area contributed by atoms with Gasteiger partial charge < -0.3 is 20.4 Å². The van der Waals surface area contributed by atoms with E-state index in [1.165, 1.54) is 0 Å². The number of hydrogen-bond acceptors (Lipinski definition) is 4. The van der Waals surface area contributed by atoms with Crippen LogP contribution < -0.4 is 15.5 Å². The highest BCUT2D eigenvalue weighted by Gasteiger charge is 2.22. The molecule has 3 amide bonds. The third kappa shape index (κ3) is 5.50. The Morgan fingerprint density at radius 1 is 1.00 bits per heavy atom. The highest BCUT2D eigenvalue weighted by atomic mass is 35.5. The number of hydrogen-bond donors (Lipinski definition) is 2. The van der Waals surface area contributed by atoms with Crippen molar-refractivity contribution < 1.29 is 9.59 Å². The molecule has 0 bridgehead atoms. The third-order valence-electron chi connectivity index (χ3n) is 4.43. The van der Waals surface area contributed by atoms with Crippen molar-refractivity contribution in [3.05, 3.63) is 58.3 Å². The van der Waals surface area contributed by atoms with Gasteiger partial charge in [0.05, 0.1) is 28.8 Å². The average molecular weight is 422 g/mol. The maximum atomic E-state index is 12.3. The van der Waals surface area contributed by atoms with E-state index in [2.05, 4.69) is 20.5 Å². The van der Waals surface area contributed by atoms with Gasteiger partial charge in [-0.3, -0.25) is 9.78 Å². The van der Waals surface area contributed by atoms with E-state index in [-0.39, 0.29) is 18.5 Å². The van der Waals surface area contributed by atoms with E-state index in [4.69, 9.17) is 23.2 Å². The lowest BCUT2D eigenvalue weighted by molar-refractivity contribution is -0.120. The minimum Gasteiger partial charge on any atom is -0.368 e. The van der Waals surface area contributed by atoms with Crippen molar-refractivity contribution in [1.29, 1.82) is 0 Å². The first kappa shape index (κ1) is 20.2. The summed E-state index contributed by atoms with van der Waals surface area (Å²) in [5.41, 5.74) is 1.74. The molecule has 1 aromatic heterocycles. The maximum absolute atomic E-state index is 12.3. The summed E-state index contributed by atoms with van der Waals surface area (Å²) >= 11 is 12.0. The summed E-state index contributed by atoms with van der Waals surface area (Å²) in [5, 5.41) is 6.42. The van der Waals surface area contributed by atoms with Crippen molar-refractivity contribution in [3.63, 3.8) is 0 Å². The highest BCUT2D eigenvalue weighted by Crippen LogP contribution is 2.27. The van der Waals surface area contributed by atoms with Crippen molar-refractivity contribution in [2.24, 2.45) is 0 Å². The second kappa shape index (κ2) is 9.61. The van der Waals surface area contributed by atoms with Gasteiger partial charge in [0.1, 0.15) is 0 Å². The molecule has 0 atom stereocenters. The molecule has 0 spiro atoms. The molecule has 1 aromatic carbocycles. The van der Waals surface area contributed by atoms with Gasteiger partial charge in [-0.15, -0.1) is 0 Å². The number of piperazine rings is 1. The van der Waals surface area contributed by atoms with Gasteiger partial charge in [0.2, 0.25) is 5.91 Å². The van der Waals surface area contributed by atoms with Gasteiger partial charge in [0.25, 0.3) is 0 Å². The van der Waals surface area contributed by atoms with Gasteiger partial charge in [-0.2, -0.15) is 0 Å². The van der Waals surface area contributed by atoms with Crippen molar-refractivity contribution >= 4 is 40.8 Å². The number of carbonyl (C=O) groups is 2. The average Bonchev–Trinajstić information content (AvgIpc) is 2.73. The number of benzene rings is 1. The predicted octanol–water partition coefficient (Wildman–Crippen LogP) is 2.54. The number of anilines is 1. The fraction of sp³-hybridized carbons (Fsp3) is 0.316. The molecule has 0 aliphatic carbocycles. The summed E-state index contributed by atoms with van der Waals surface area (Å²) in [6.45, 7) is 2.73. The first-order chi connectivity index (χ1) is 13.5. The van der Waals surface area contributed by atoms with Crippen LogP contribution in [0.3, 0.4) is 0 Å². The number of urea groups is 1. The van der Waals surface area contributed by atoms with Crippen LogP contribution in [0.1, 0.15) is 5.69 Å². The molecule has 2 aromatic rings. The molecule has 1 fully saturated rings. The van der Waals surface area contributed by atoms with Gasteiger partial charge in [0, 0.05) is 38.1 Å². The molecular weight excluding hydrogens is 401 g/mol. The van der Waals surface area contributed by atoms with E-state index in [0.717, 1.165) is 11.4 Å². The van der Waals surface area contributed by atoms with Crippen molar-refractivity contribution in [1.82, 2.24) is 20.5 Å². The largest absolute Gasteiger partial charge is 0.368 e. The van der Waals surface area contributed by atoms with E-state index in [0.29, 0.717) is 42.8 Å². The smallest absolute Gasteiger partial charge is 0.317 e. The summed E-state index contributed by atoms with van der Waals surface area (Å²) in [7, 11) is 0. The van der Waals surface area contributed by atoms with E-state index >= 15 is 0 Å². The first-order valence-corrected chi connectivity index (χ1v) is 9.68. The molecule has 9 heteroatoms. The Hall–Kier alpha value is -2.51. The molecule has 2 N–H and O–H groups in total. The van der Waals surface area contributed by atoms with Gasteiger partial charge >= 0.3 is 6.03 Å². The Bertz CT molecular complexity index is 826. The van der Waals surface area contributed by atoms with Crippen LogP contribution in [0.15, 0.2) is 42.6 Å². The van der Waals surface area contributed by atoms with Gasteiger partial charge in [-0.05, 0) is 30.3 Å². The molecule has 0 radical (unpaired) electrons. The summed E-state index contributed by atoms with van der Waals surface area (Å²) in [4.78, 5) is 32.2. The normalized spacial score (nSPS) is 13.9. The van der Waals surface area contributed by atoms with E-state index in [9.17, 15) is 9.59 Å². The van der Waals surface area contributed by atoms with Crippen molar-refractivity contribution in [3.8, 4) is 0 Å². The number of rotatable bonds is 5. The molecule has 148 valence electrons. The molecule has 1 aliphatic rings. The molecule has 0 unspecified atom stereocenters. The molecule has 28 heavy (non-hydrogen) atoms. The second-order valence-corrected chi connectivity index (χ2v) is 7.14.